The predicted molar refractivity (Wildman–Crippen MR) is 146 cm³/mol. The Morgan fingerprint density at radius 2 is 1.80 bits per heavy atom. The van der Waals surface area contributed by atoms with Crippen molar-refractivity contribution in [3.63, 3.8) is 0 Å². The number of aromatic nitrogens is 7. The Morgan fingerprint density at radius 3 is 2.62 bits per heavy atom. The third-order valence-electron chi connectivity index (χ3n) is 8.09. The fourth-order valence-corrected chi connectivity index (χ4v) is 7.99. The monoisotopic (exact) mass is 670 g/mol. The molecule has 2 bridgehead atoms. The van der Waals surface area contributed by atoms with Crippen LogP contribution in [-0.4, -0.2) is 103 Å². The molecule has 4 fully saturated rings. The number of hydrogen-bond acceptors (Lipinski definition) is 16. The molecule has 20 nitrogen and oxygen atoms in total. The molecule has 0 amide bonds. The highest BCUT2D eigenvalue weighted by molar-refractivity contribution is 7.84. The highest BCUT2D eigenvalue weighted by Gasteiger charge is 2.66. The molecule has 0 radical (unpaired) electrons. The lowest BCUT2D eigenvalue weighted by molar-refractivity contribution is -0.184. The number of phosphoric acid groups is 1. The second kappa shape index (κ2) is 10.0. The van der Waals surface area contributed by atoms with Gasteiger partial charge in [-0.3, -0.25) is 18.2 Å². The Kier molecular flexibility index (Phi) is 6.46. The molecule has 8 heterocycles. The smallest absolute Gasteiger partial charge is 0.397 e. The van der Waals surface area contributed by atoms with Crippen molar-refractivity contribution in [3.05, 3.63) is 31.2 Å². The first-order valence-electron chi connectivity index (χ1n) is 13.4. The molecule has 1 unspecified atom stereocenters. The first kappa shape index (κ1) is 29.0. The summed E-state index contributed by atoms with van der Waals surface area (Å²) in [5.41, 5.74) is 11.4. The van der Waals surface area contributed by atoms with Gasteiger partial charge >= 0.3 is 18.1 Å². The topological polar surface area (TPSA) is 265 Å². The zero-order valence-electron chi connectivity index (χ0n) is 22.7. The van der Waals surface area contributed by atoms with Gasteiger partial charge in [-0.25, -0.2) is 38.1 Å². The number of pyridine rings is 1. The molecule has 4 saturated heterocycles. The van der Waals surface area contributed by atoms with Crippen LogP contribution in [0.1, 0.15) is 12.5 Å². The minimum absolute atomic E-state index is 0.0299. The third-order valence-corrected chi connectivity index (χ3v) is 10.0. The largest absolute Gasteiger partial charge is 0.472 e. The highest BCUT2D eigenvalue weighted by atomic mass is 32.2. The van der Waals surface area contributed by atoms with E-state index in [1.807, 2.05) is 0 Å². The van der Waals surface area contributed by atoms with Gasteiger partial charge < -0.3 is 30.6 Å². The number of fused-ring (bicyclic) bond motifs is 3. The first-order chi connectivity index (χ1) is 21.5. The summed E-state index contributed by atoms with van der Waals surface area (Å²) in [7, 11) is -9.66. The summed E-state index contributed by atoms with van der Waals surface area (Å²) < 4.78 is 94.5. The molecule has 0 aromatic carbocycles. The number of nitrogen functional groups attached to an aromatic ring is 2. The summed E-state index contributed by atoms with van der Waals surface area (Å²) >= 11 is 0. The molecule has 8 rings (SSSR count). The molecular weight excluding hydrogens is 646 g/mol. The zero-order chi connectivity index (χ0) is 31.3. The maximum Gasteiger partial charge on any atom is 0.472 e. The quantitative estimate of drug-likeness (QED) is 0.188. The van der Waals surface area contributed by atoms with E-state index >= 15 is 4.39 Å². The molecular formula is C22H24FN10O10PS. The van der Waals surface area contributed by atoms with Gasteiger partial charge in [-0.05, 0) is 6.07 Å². The van der Waals surface area contributed by atoms with E-state index in [4.69, 9.17) is 38.9 Å². The lowest BCUT2D eigenvalue weighted by Gasteiger charge is -2.32. The summed E-state index contributed by atoms with van der Waals surface area (Å²) in [5.74, 6) is 0.0299. The minimum Gasteiger partial charge on any atom is -0.397 e. The summed E-state index contributed by atoms with van der Waals surface area (Å²) in [6, 6.07) is 1.56. The number of nitrogens with zero attached hydrogens (tertiary/aromatic N) is 7. The van der Waals surface area contributed by atoms with Crippen LogP contribution in [0.2, 0.25) is 0 Å². The van der Waals surface area contributed by atoms with Gasteiger partial charge in [0.05, 0.1) is 31.6 Å². The second-order valence-corrected chi connectivity index (χ2v) is 13.6. The van der Waals surface area contributed by atoms with E-state index in [9.17, 15) is 17.9 Å². The SMILES string of the molecule is Nc1ncnc2c1ncn2[C@@H]1O[C@@H]2CNS(=O)(=O)O[C@H]3[C@H]4OC[C@]3(COP(=O)(O)O[C@H]2[C@H]1F)O[C@H]4n1cnc2c(N)ccnc21. The molecule has 0 spiro atoms. The number of hydrogen-bond donors (Lipinski definition) is 4. The zero-order valence-corrected chi connectivity index (χ0v) is 24.4. The average molecular weight is 671 g/mol. The van der Waals surface area contributed by atoms with Crippen LogP contribution in [-0.2, 0) is 42.3 Å². The van der Waals surface area contributed by atoms with Crippen LogP contribution in [0.5, 0.6) is 0 Å². The van der Waals surface area contributed by atoms with Crippen LogP contribution < -0.4 is 16.2 Å². The van der Waals surface area contributed by atoms with Crippen molar-refractivity contribution < 1.29 is 49.7 Å². The highest BCUT2D eigenvalue weighted by Crippen LogP contribution is 2.54. The number of ether oxygens (including phenoxy) is 3. The maximum atomic E-state index is 16.0. The van der Waals surface area contributed by atoms with Crippen molar-refractivity contribution in [2.75, 3.05) is 31.2 Å². The number of rotatable bonds is 2. The maximum absolute atomic E-state index is 16.0. The van der Waals surface area contributed by atoms with Crippen LogP contribution in [0.4, 0.5) is 15.9 Å². The van der Waals surface area contributed by atoms with Crippen molar-refractivity contribution >= 4 is 52.0 Å². The van der Waals surface area contributed by atoms with E-state index < -0.39 is 79.9 Å². The molecule has 4 aromatic heterocycles. The van der Waals surface area contributed by atoms with Crippen LogP contribution in [0, 0.1) is 0 Å². The number of imidazole rings is 2. The summed E-state index contributed by atoms with van der Waals surface area (Å²) in [4.78, 5) is 31.2. The standard InChI is InChI=1S/C22H24FN10O10PS/c23-11-14-10(40-20(11)32-8-30-13-17(25)27-6-28-19(13)32)3-31-45(36,37)43-16-15-21(33-7-29-12-9(24)1-2-26-18(12)33)41-22(16,4-38-15)5-39-44(34,35)42-14/h1-2,6-8,10-11,14-16,20-21,31H,3-5H2,(H2,24,26)(H,34,35)(H2,25,27,28)/t10-,11-,14-,15-,16+,20-,21-,22-/m1/s1. The number of nitrogens with one attached hydrogen (secondary N) is 1. The van der Waals surface area contributed by atoms with Crippen molar-refractivity contribution in [3.8, 4) is 0 Å². The number of anilines is 2. The third kappa shape index (κ3) is 4.60. The van der Waals surface area contributed by atoms with E-state index in [2.05, 4.69) is 29.6 Å². The van der Waals surface area contributed by atoms with Crippen molar-refractivity contribution in [2.24, 2.45) is 0 Å². The summed E-state index contributed by atoms with van der Waals surface area (Å²) in [6.45, 7) is -1.64. The lowest BCUT2D eigenvalue weighted by Crippen LogP contribution is -2.49. The van der Waals surface area contributed by atoms with E-state index in [0.717, 1.165) is 6.33 Å². The number of nitrogens with two attached hydrogens (primary N) is 2. The molecule has 0 aliphatic carbocycles. The van der Waals surface area contributed by atoms with Crippen LogP contribution in [0.25, 0.3) is 22.3 Å². The number of alkyl halides is 1. The average Bonchev–Trinajstić information content (AvgIpc) is 3.80. The molecule has 23 heteroatoms. The molecule has 45 heavy (non-hydrogen) atoms. The van der Waals surface area contributed by atoms with E-state index in [-0.39, 0.29) is 23.6 Å². The summed E-state index contributed by atoms with van der Waals surface area (Å²) in [6.07, 6.45) is -5.18. The van der Waals surface area contributed by atoms with E-state index in [0.29, 0.717) is 16.9 Å². The molecule has 6 N–H and O–H groups in total. The van der Waals surface area contributed by atoms with Crippen molar-refractivity contribution in [1.82, 2.24) is 38.8 Å². The minimum atomic E-state index is -5.06. The Hall–Kier alpha value is -3.44. The lowest BCUT2D eigenvalue weighted by atomic mass is 10.0. The van der Waals surface area contributed by atoms with E-state index in [1.54, 1.807) is 6.07 Å². The molecule has 4 aromatic rings. The van der Waals surface area contributed by atoms with Gasteiger partial charge in [0.1, 0.15) is 47.4 Å². The van der Waals surface area contributed by atoms with Gasteiger partial charge in [-0.15, -0.1) is 0 Å². The van der Waals surface area contributed by atoms with Gasteiger partial charge in [0, 0.05) is 12.7 Å². The fraction of sp³-hybridized carbons (Fsp3) is 0.500. The first-order valence-corrected chi connectivity index (χ1v) is 16.3. The van der Waals surface area contributed by atoms with Crippen molar-refractivity contribution in [1.29, 1.82) is 0 Å². The Labute approximate surface area is 251 Å². The van der Waals surface area contributed by atoms with E-state index in [1.165, 1.54) is 28.0 Å². The molecule has 0 saturated carbocycles. The number of halogens is 1. The normalized spacial score (nSPS) is 38.1. The second-order valence-electron chi connectivity index (χ2n) is 10.8. The van der Waals surface area contributed by atoms with Crippen LogP contribution in [0.15, 0.2) is 31.2 Å². The Morgan fingerprint density at radius 1 is 1.04 bits per heavy atom. The van der Waals surface area contributed by atoms with Crippen LogP contribution in [0.3, 0.4) is 0 Å². The van der Waals surface area contributed by atoms with Crippen LogP contribution >= 0.6 is 7.82 Å². The van der Waals surface area contributed by atoms with Gasteiger partial charge in [0.2, 0.25) is 0 Å². The summed E-state index contributed by atoms with van der Waals surface area (Å²) in [5, 5.41) is 0. The fourth-order valence-electron chi connectivity index (χ4n) is 6.00. The predicted octanol–water partition coefficient (Wildman–Crippen LogP) is -0.927. The Bertz CT molecular complexity index is 1980. The number of phosphoric ester groups is 1. The molecule has 4 aliphatic rings. The van der Waals surface area contributed by atoms with Gasteiger partial charge in [-0.2, -0.15) is 13.1 Å². The Balaban J connectivity index is 1.10. The van der Waals surface area contributed by atoms with Gasteiger partial charge in [-0.1, -0.05) is 0 Å². The van der Waals surface area contributed by atoms with Gasteiger partial charge in [0.15, 0.2) is 35.7 Å². The molecule has 9 atom stereocenters. The van der Waals surface area contributed by atoms with Gasteiger partial charge in [0.25, 0.3) is 0 Å². The molecule has 4 aliphatic heterocycles. The molecule has 240 valence electrons. The van der Waals surface area contributed by atoms with Crippen molar-refractivity contribution in [2.45, 2.75) is 48.6 Å².